The van der Waals surface area contributed by atoms with Gasteiger partial charge in [-0.2, -0.15) is 0 Å². The average molecular weight is 253 g/mol. The van der Waals surface area contributed by atoms with Gasteiger partial charge in [-0.25, -0.2) is 0 Å². The van der Waals surface area contributed by atoms with Crippen LogP contribution in [0.25, 0.3) is 0 Å². The lowest BCUT2D eigenvalue weighted by Gasteiger charge is -2.18. The van der Waals surface area contributed by atoms with Gasteiger partial charge in [0, 0.05) is 23.0 Å². The normalized spacial score (nSPS) is 11.8. The molecule has 3 nitrogen and oxygen atoms in total. The van der Waals surface area contributed by atoms with Crippen molar-refractivity contribution in [3.8, 4) is 0 Å². The second kappa shape index (κ2) is 5.54. The topological polar surface area (TPSA) is 50.2 Å². The first-order chi connectivity index (χ1) is 7.83. The zero-order valence-corrected chi connectivity index (χ0v) is 11.5. The summed E-state index contributed by atoms with van der Waals surface area (Å²) < 4.78 is 0. The summed E-state index contributed by atoms with van der Waals surface area (Å²) in [6, 6.07) is 2.08. The van der Waals surface area contributed by atoms with Crippen LogP contribution in [0.4, 0.5) is 0 Å². The molecule has 0 unspecified atom stereocenters. The van der Waals surface area contributed by atoms with E-state index in [9.17, 15) is 4.79 Å². The number of aliphatic carboxylic acids is 1. The Kier molecular flexibility index (Phi) is 4.57. The van der Waals surface area contributed by atoms with Gasteiger partial charge in [-0.05, 0) is 31.4 Å². The first-order valence-electron chi connectivity index (χ1n) is 5.64. The van der Waals surface area contributed by atoms with E-state index in [0.717, 1.165) is 4.90 Å². The molecule has 0 spiro atoms. The van der Waals surface area contributed by atoms with Gasteiger partial charge < -0.3 is 5.11 Å². The maximum absolute atomic E-state index is 11.0. The lowest BCUT2D eigenvalue weighted by atomic mass is 9.97. The van der Waals surface area contributed by atoms with Crippen LogP contribution in [0.5, 0.6) is 0 Å². The molecule has 0 atom stereocenters. The summed E-state index contributed by atoms with van der Waals surface area (Å²) in [6.07, 6.45) is 3.64. The Morgan fingerprint density at radius 1 is 1.47 bits per heavy atom. The van der Waals surface area contributed by atoms with Crippen LogP contribution in [0.1, 0.15) is 39.2 Å². The van der Waals surface area contributed by atoms with Crippen molar-refractivity contribution in [2.24, 2.45) is 5.41 Å². The summed E-state index contributed by atoms with van der Waals surface area (Å²) in [5.74, 6) is 0.222. The van der Waals surface area contributed by atoms with E-state index in [1.807, 2.05) is 6.20 Å². The Hall–Kier alpha value is -1.03. The number of carboxylic acid groups (broad SMARTS) is 1. The molecule has 0 radical (unpaired) electrons. The Morgan fingerprint density at radius 3 is 2.65 bits per heavy atom. The smallest absolute Gasteiger partial charge is 0.309 e. The molecule has 0 saturated heterocycles. The fourth-order valence-corrected chi connectivity index (χ4v) is 2.16. The lowest BCUT2D eigenvalue weighted by molar-refractivity contribution is -0.145. The minimum Gasteiger partial charge on any atom is -0.481 e. The molecule has 1 aromatic heterocycles. The summed E-state index contributed by atoms with van der Waals surface area (Å²) in [4.78, 5) is 16.2. The van der Waals surface area contributed by atoms with E-state index in [4.69, 9.17) is 5.11 Å². The van der Waals surface area contributed by atoms with Gasteiger partial charge >= 0.3 is 5.97 Å². The maximum Gasteiger partial charge on any atom is 0.309 e. The predicted octanol–water partition coefficient (Wildman–Crippen LogP) is 3.41. The van der Waals surface area contributed by atoms with Crippen molar-refractivity contribution in [3.63, 3.8) is 0 Å². The summed E-state index contributed by atoms with van der Waals surface area (Å²) in [7, 11) is 0. The first-order valence-corrected chi connectivity index (χ1v) is 6.62. The molecule has 0 aliphatic carbocycles. The van der Waals surface area contributed by atoms with Crippen molar-refractivity contribution in [1.29, 1.82) is 0 Å². The molecule has 0 aromatic carbocycles. The van der Waals surface area contributed by atoms with Crippen molar-refractivity contribution < 1.29 is 9.90 Å². The van der Waals surface area contributed by atoms with Gasteiger partial charge in [0.1, 0.15) is 0 Å². The number of thioether (sulfide) groups is 1. The Balaban J connectivity index is 2.70. The van der Waals surface area contributed by atoms with Crippen molar-refractivity contribution in [2.45, 2.75) is 38.5 Å². The number of rotatable bonds is 5. The maximum atomic E-state index is 11.0. The molecule has 1 heterocycles. The Bertz CT molecular complexity index is 402. The molecule has 4 heteroatoms. The molecule has 0 aliphatic heterocycles. The quantitative estimate of drug-likeness (QED) is 0.817. The zero-order chi connectivity index (χ0) is 13.1. The third kappa shape index (κ3) is 4.04. The van der Waals surface area contributed by atoms with Crippen LogP contribution < -0.4 is 0 Å². The number of carboxylic acids is 1. The molecule has 94 valence electrons. The largest absolute Gasteiger partial charge is 0.481 e. The van der Waals surface area contributed by atoms with E-state index in [0.29, 0.717) is 11.7 Å². The second-order valence-electron chi connectivity index (χ2n) is 5.09. The molecule has 1 rings (SSSR count). The van der Waals surface area contributed by atoms with Crippen LogP contribution in [0.2, 0.25) is 0 Å². The van der Waals surface area contributed by atoms with E-state index in [1.165, 1.54) is 5.56 Å². The number of hydrogen-bond acceptors (Lipinski definition) is 3. The standard InChI is InChI=1S/C13H19NO2S/c1-9(2)10-5-11(7-14-6-10)17-8-13(3,4)12(15)16/h5-7,9H,8H2,1-4H3,(H,15,16). The first kappa shape index (κ1) is 14.0. The van der Waals surface area contributed by atoms with E-state index in [2.05, 4.69) is 24.9 Å². The highest BCUT2D eigenvalue weighted by molar-refractivity contribution is 7.99. The summed E-state index contributed by atoms with van der Waals surface area (Å²) in [5.41, 5.74) is 0.474. The Labute approximate surface area is 107 Å². The molecule has 17 heavy (non-hydrogen) atoms. The lowest BCUT2D eigenvalue weighted by Crippen LogP contribution is -2.26. The molecule has 0 fully saturated rings. The summed E-state index contributed by atoms with van der Waals surface area (Å²) >= 11 is 1.54. The van der Waals surface area contributed by atoms with Crippen LogP contribution in [0, 0.1) is 5.41 Å². The second-order valence-corrected chi connectivity index (χ2v) is 6.14. The predicted molar refractivity (Wildman–Crippen MR) is 70.5 cm³/mol. The highest BCUT2D eigenvalue weighted by atomic mass is 32.2. The van der Waals surface area contributed by atoms with Gasteiger partial charge in [-0.15, -0.1) is 11.8 Å². The molecule has 1 N–H and O–H groups in total. The average Bonchev–Trinajstić information content (AvgIpc) is 2.26. The highest BCUT2D eigenvalue weighted by Crippen LogP contribution is 2.28. The molecular weight excluding hydrogens is 234 g/mol. The molecule has 0 bridgehead atoms. The van der Waals surface area contributed by atoms with Crippen LogP contribution >= 0.6 is 11.8 Å². The molecule has 0 aliphatic rings. The van der Waals surface area contributed by atoms with E-state index < -0.39 is 11.4 Å². The van der Waals surface area contributed by atoms with Gasteiger partial charge in [-0.3, -0.25) is 9.78 Å². The van der Waals surface area contributed by atoms with Crippen LogP contribution in [-0.2, 0) is 4.79 Å². The fraction of sp³-hybridized carbons (Fsp3) is 0.538. The summed E-state index contributed by atoms with van der Waals surface area (Å²) in [5, 5.41) is 9.03. The minimum absolute atomic E-state index is 0.440. The highest BCUT2D eigenvalue weighted by Gasteiger charge is 2.27. The molecule has 0 amide bonds. The van der Waals surface area contributed by atoms with Crippen molar-refractivity contribution in [1.82, 2.24) is 4.98 Å². The van der Waals surface area contributed by atoms with E-state index >= 15 is 0 Å². The van der Waals surface area contributed by atoms with Crippen molar-refractivity contribution in [2.75, 3.05) is 5.75 Å². The fourth-order valence-electron chi connectivity index (χ4n) is 1.16. The summed E-state index contributed by atoms with van der Waals surface area (Å²) in [6.45, 7) is 7.71. The van der Waals surface area contributed by atoms with Gasteiger partial charge in [0.2, 0.25) is 0 Å². The third-order valence-electron chi connectivity index (χ3n) is 2.58. The number of hydrogen-bond donors (Lipinski definition) is 1. The van der Waals surface area contributed by atoms with Crippen molar-refractivity contribution >= 4 is 17.7 Å². The molecular formula is C13H19NO2S. The van der Waals surface area contributed by atoms with Crippen LogP contribution in [0.15, 0.2) is 23.4 Å². The number of nitrogens with zero attached hydrogens (tertiary/aromatic N) is 1. The van der Waals surface area contributed by atoms with Gasteiger partial charge in [-0.1, -0.05) is 13.8 Å². The monoisotopic (exact) mass is 253 g/mol. The van der Waals surface area contributed by atoms with Crippen molar-refractivity contribution in [3.05, 3.63) is 24.0 Å². The number of carbonyl (C=O) groups is 1. The zero-order valence-electron chi connectivity index (χ0n) is 10.7. The SMILES string of the molecule is CC(C)c1cncc(SCC(C)(C)C(=O)O)c1. The van der Waals surface area contributed by atoms with Gasteiger partial charge in [0.05, 0.1) is 5.41 Å². The van der Waals surface area contributed by atoms with Gasteiger partial charge in [0.15, 0.2) is 0 Å². The van der Waals surface area contributed by atoms with E-state index in [-0.39, 0.29) is 0 Å². The van der Waals surface area contributed by atoms with Gasteiger partial charge in [0.25, 0.3) is 0 Å². The Morgan fingerprint density at radius 2 is 2.12 bits per heavy atom. The molecule has 1 aromatic rings. The van der Waals surface area contributed by atoms with E-state index in [1.54, 1.807) is 31.8 Å². The van der Waals surface area contributed by atoms with Crippen LogP contribution in [0.3, 0.4) is 0 Å². The number of pyridine rings is 1. The third-order valence-corrected chi connectivity index (χ3v) is 4.00. The minimum atomic E-state index is -0.766. The number of aromatic nitrogens is 1. The molecule has 0 saturated carbocycles. The van der Waals surface area contributed by atoms with Crippen LogP contribution in [-0.4, -0.2) is 21.8 Å².